The van der Waals surface area contributed by atoms with Crippen LogP contribution in [0.5, 0.6) is 0 Å². The van der Waals surface area contributed by atoms with Gasteiger partial charge in [-0.1, -0.05) is 35.4 Å². The molecule has 0 aromatic heterocycles. The zero-order valence-corrected chi connectivity index (χ0v) is 13.7. The molecule has 24 heavy (non-hydrogen) atoms. The minimum Gasteiger partial charge on any atom is -0.460 e. The number of hydrogen-bond donors (Lipinski definition) is 0. The van der Waals surface area contributed by atoms with E-state index < -0.39 is 24.2 Å². The summed E-state index contributed by atoms with van der Waals surface area (Å²) in [4.78, 5) is 28.0. The third kappa shape index (κ3) is 4.39. The van der Waals surface area contributed by atoms with Gasteiger partial charge >= 0.3 is 12.1 Å². The van der Waals surface area contributed by atoms with Gasteiger partial charge in [0.05, 0.1) is 6.04 Å². The first-order valence-corrected chi connectivity index (χ1v) is 7.71. The van der Waals surface area contributed by atoms with Crippen LogP contribution in [-0.2, 0) is 20.9 Å². The van der Waals surface area contributed by atoms with E-state index in [0.29, 0.717) is 12.8 Å². The van der Waals surface area contributed by atoms with Crippen LogP contribution >= 0.6 is 0 Å². The summed E-state index contributed by atoms with van der Waals surface area (Å²) in [6, 6.07) is 8.25. The molecule has 1 fully saturated rings. The Hall–Kier alpha value is -2.73. The third-order valence-corrected chi connectivity index (χ3v) is 4.10. The van der Waals surface area contributed by atoms with E-state index >= 15 is 0 Å². The van der Waals surface area contributed by atoms with Crippen molar-refractivity contribution in [2.75, 3.05) is 7.05 Å². The zero-order chi connectivity index (χ0) is 17.5. The molecule has 1 heterocycles. The molecular formula is C16H20N4O4. The van der Waals surface area contributed by atoms with E-state index in [2.05, 4.69) is 10.0 Å². The van der Waals surface area contributed by atoms with Crippen molar-refractivity contribution in [2.45, 2.75) is 44.6 Å². The number of hydrogen-bond acceptors (Lipinski definition) is 5. The molecule has 0 bridgehead atoms. The van der Waals surface area contributed by atoms with Gasteiger partial charge in [-0.2, -0.15) is 0 Å². The van der Waals surface area contributed by atoms with Crippen LogP contribution in [-0.4, -0.2) is 42.2 Å². The van der Waals surface area contributed by atoms with Crippen molar-refractivity contribution in [3.63, 3.8) is 0 Å². The molecular weight excluding hydrogens is 312 g/mol. The number of benzene rings is 1. The van der Waals surface area contributed by atoms with Crippen LogP contribution in [0.25, 0.3) is 10.4 Å². The number of likely N-dealkylation sites (N-methyl/N-ethyl adjacent to an activating group) is 1. The summed E-state index contributed by atoms with van der Waals surface area (Å²) in [6.45, 7) is 1.97. The van der Waals surface area contributed by atoms with E-state index in [-0.39, 0.29) is 12.6 Å². The molecule has 0 spiro atoms. The summed E-state index contributed by atoms with van der Waals surface area (Å²) in [6.07, 6.45) is -0.00553. The minimum atomic E-state index is -0.784. The van der Waals surface area contributed by atoms with E-state index in [1.54, 1.807) is 14.0 Å². The molecule has 8 heteroatoms. The highest BCUT2D eigenvalue weighted by Gasteiger charge is 2.35. The van der Waals surface area contributed by atoms with Gasteiger partial charge in [-0.3, -0.25) is 4.79 Å². The molecule has 0 aliphatic carbocycles. The van der Waals surface area contributed by atoms with Crippen molar-refractivity contribution in [2.24, 2.45) is 5.11 Å². The van der Waals surface area contributed by atoms with E-state index in [4.69, 9.17) is 15.0 Å². The lowest BCUT2D eigenvalue weighted by molar-refractivity contribution is -0.159. The van der Waals surface area contributed by atoms with Crippen molar-refractivity contribution in [3.05, 3.63) is 46.3 Å². The van der Waals surface area contributed by atoms with Gasteiger partial charge in [-0.05, 0) is 30.9 Å². The predicted molar refractivity (Wildman–Crippen MR) is 85.9 cm³/mol. The topological polar surface area (TPSA) is 105 Å². The number of rotatable bonds is 5. The zero-order valence-electron chi connectivity index (χ0n) is 13.7. The first-order valence-electron chi connectivity index (χ1n) is 7.71. The Morgan fingerprint density at radius 1 is 1.46 bits per heavy atom. The first kappa shape index (κ1) is 17.6. The molecule has 3 atom stereocenters. The third-order valence-electron chi connectivity index (χ3n) is 4.10. The van der Waals surface area contributed by atoms with Crippen molar-refractivity contribution in [1.82, 2.24) is 4.90 Å². The normalized spacial score (nSPS) is 21.2. The number of amides is 1. The van der Waals surface area contributed by atoms with E-state index in [1.807, 2.05) is 30.3 Å². The SMILES string of the molecule is CC([C@@H]1CCC(N=[N+]=[N-])C(=O)O1)N(C)C(=O)OCc1ccccc1. The molecule has 128 valence electrons. The number of carbonyl (C=O) groups is 2. The summed E-state index contributed by atoms with van der Waals surface area (Å²) in [5, 5.41) is 3.40. The molecule has 1 amide bonds. The van der Waals surface area contributed by atoms with Crippen molar-refractivity contribution in [3.8, 4) is 0 Å². The van der Waals surface area contributed by atoms with Crippen LogP contribution in [0.3, 0.4) is 0 Å². The molecule has 2 rings (SSSR count). The van der Waals surface area contributed by atoms with Gasteiger partial charge in [-0.15, -0.1) is 0 Å². The van der Waals surface area contributed by atoms with Crippen molar-refractivity contribution in [1.29, 1.82) is 0 Å². The monoisotopic (exact) mass is 332 g/mol. The van der Waals surface area contributed by atoms with Crippen LogP contribution in [0.15, 0.2) is 35.4 Å². The van der Waals surface area contributed by atoms with Crippen LogP contribution in [0, 0.1) is 0 Å². The van der Waals surface area contributed by atoms with Gasteiger partial charge in [0.1, 0.15) is 18.8 Å². The average molecular weight is 332 g/mol. The molecule has 0 saturated carbocycles. The Morgan fingerprint density at radius 3 is 2.79 bits per heavy atom. The lowest BCUT2D eigenvalue weighted by Gasteiger charge is -2.34. The summed E-state index contributed by atoms with van der Waals surface area (Å²) in [5.74, 6) is -0.554. The van der Waals surface area contributed by atoms with Crippen LogP contribution in [0.1, 0.15) is 25.3 Å². The number of carbonyl (C=O) groups excluding carboxylic acids is 2. The maximum Gasteiger partial charge on any atom is 0.410 e. The fraction of sp³-hybridized carbons (Fsp3) is 0.500. The van der Waals surface area contributed by atoms with E-state index in [1.165, 1.54) is 4.90 Å². The summed E-state index contributed by atoms with van der Waals surface area (Å²) in [7, 11) is 1.60. The summed E-state index contributed by atoms with van der Waals surface area (Å²) in [5.41, 5.74) is 9.30. The Labute approximate surface area is 140 Å². The quantitative estimate of drug-likeness (QED) is 0.357. The molecule has 1 saturated heterocycles. The van der Waals surface area contributed by atoms with Gasteiger partial charge in [0.2, 0.25) is 0 Å². The van der Waals surface area contributed by atoms with Crippen LogP contribution < -0.4 is 0 Å². The van der Waals surface area contributed by atoms with Gasteiger partial charge in [0.15, 0.2) is 0 Å². The Bertz CT molecular complexity index is 630. The Morgan fingerprint density at radius 2 is 2.17 bits per heavy atom. The molecule has 0 N–H and O–H groups in total. The smallest absolute Gasteiger partial charge is 0.410 e. The highest BCUT2D eigenvalue weighted by Crippen LogP contribution is 2.22. The Kier molecular flexibility index (Phi) is 6.03. The van der Waals surface area contributed by atoms with E-state index in [9.17, 15) is 9.59 Å². The van der Waals surface area contributed by atoms with E-state index in [0.717, 1.165) is 5.56 Å². The fourth-order valence-corrected chi connectivity index (χ4v) is 2.47. The number of ether oxygens (including phenoxy) is 2. The fourth-order valence-electron chi connectivity index (χ4n) is 2.47. The molecule has 1 aliphatic rings. The summed E-state index contributed by atoms with van der Waals surface area (Å²) >= 11 is 0. The minimum absolute atomic E-state index is 0.181. The first-order chi connectivity index (χ1) is 11.5. The standard InChI is InChI=1S/C16H20N4O4/c1-11(14-9-8-13(18-19-17)15(21)24-14)20(2)16(22)23-10-12-6-4-3-5-7-12/h3-7,11,13-14H,8-10H2,1-2H3/t11?,13?,14-/m0/s1. The number of azide groups is 1. The highest BCUT2D eigenvalue weighted by atomic mass is 16.6. The molecule has 2 unspecified atom stereocenters. The van der Waals surface area contributed by atoms with Gasteiger partial charge in [0.25, 0.3) is 0 Å². The number of cyclic esters (lactones) is 1. The molecule has 1 aliphatic heterocycles. The van der Waals surface area contributed by atoms with Gasteiger partial charge < -0.3 is 14.4 Å². The number of nitrogens with zero attached hydrogens (tertiary/aromatic N) is 4. The average Bonchev–Trinajstić information content (AvgIpc) is 2.61. The van der Waals surface area contributed by atoms with Gasteiger partial charge in [-0.25, -0.2) is 4.79 Å². The molecule has 1 aromatic rings. The second-order valence-electron chi connectivity index (χ2n) is 5.67. The maximum absolute atomic E-state index is 12.1. The molecule has 8 nitrogen and oxygen atoms in total. The highest BCUT2D eigenvalue weighted by molar-refractivity contribution is 5.77. The number of esters is 1. The molecule has 1 aromatic carbocycles. The van der Waals surface area contributed by atoms with Crippen molar-refractivity contribution >= 4 is 12.1 Å². The summed E-state index contributed by atoms with van der Waals surface area (Å²) < 4.78 is 10.6. The second kappa shape index (κ2) is 8.21. The lowest BCUT2D eigenvalue weighted by Crippen LogP contribution is -2.48. The second-order valence-corrected chi connectivity index (χ2v) is 5.67. The van der Waals surface area contributed by atoms with Crippen LogP contribution in [0.4, 0.5) is 4.79 Å². The largest absolute Gasteiger partial charge is 0.460 e. The lowest BCUT2D eigenvalue weighted by atomic mass is 10.00. The van der Waals surface area contributed by atoms with Crippen molar-refractivity contribution < 1.29 is 19.1 Å². The maximum atomic E-state index is 12.1. The predicted octanol–water partition coefficient (Wildman–Crippen LogP) is 3.03. The Balaban J connectivity index is 1.87. The van der Waals surface area contributed by atoms with Gasteiger partial charge in [0, 0.05) is 12.0 Å². The van der Waals surface area contributed by atoms with Crippen LogP contribution in [0.2, 0.25) is 0 Å². The molecule has 0 radical (unpaired) electrons.